The molecule has 1 saturated heterocycles. The maximum absolute atomic E-state index is 13.3. The van der Waals surface area contributed by atoms with Gasteiger partial charge in [-0.3, -0.25) is 4.79 Å². The maximum Gasteiger partial charge on any atom is 0.255 e. The Bertz CT molecular complexity index is 469. The number of hydrogen-bond donors (Lipinski definition) is 0. The van der Waals surface area contributed by atoms with Crippen molar-refractivity contribution in [3.05, 3.63) is 33.0 Å². The molecule has 1 aromatic rings. The summed E-state index contributed by atoms with van der Waals surface area (Å²) in [5.74, 6) is -0.990. The van der Waals surface area contributed by atoms with Crippen molar-refractivity contribution < 1.29 is 13.6 Å². The minimum atomic E-state index is -1.00. The quantitative estimate of drug-likeness (QED) is 0.725. The molecule has 17 heavy (non-hydrogen) atoms. The second-order valence-corrected chi connectivity index (χ2v) is 5.14. The normalized spacial score (nSPS) is 19.8. The van der Waals surface area contributed by atoms with E-state index in [0.29, 0.717) is 13.0 Å². The summed E-state index contributed by atoms with van der Waals surface area (Å²) >= 11 is 8.85. The van der Waals surface area contributed by atoms with Crippen LogP contribution in [-0.4, -0.2) is 30.1 Å². The first-order valence-corrected chi connectivity index (χ1v) is 6.24. The number of benzene rings is 1. The lowest BCUT2D eigenvalue weighted by Crippen LogP contribution is -2.29. The molecule has 0 bridgehead atoms. The number of halogens is 4. The van der Waals surface area contributed by atoms with Gasteiger partial charge in [-0.1, -0.05) is 11.6 Å². The Labute approximate surface area is 111 Å². The van der Waals surface area contributed by atoms with Crippen molar-refractivity contribution in [2.75, 3.05) is 13.1 Å². The van der Waals surface area contributed by atoms with Gasteiger partial charge in [0, 0.05) is 6.54 Å². The van der Waals surface area contributed by atoms with Crippen molar-refractivity contribution in [3.8, 4) is 0 Å². The Morgan fingerprint density at radius 2 is 2.24 bits per heavy atom. The summed E-state index contributed by atoms with van der Waals surface area (Å²) in [5.41, 5.74) is 0.0708. The zero-order chi connectivity index (χ0) is 12.6. The summed E-state index contributed by atoms with van der Waals surface area (Å²) in [6.45, 7) is 0.390. The van der Waals surface area contributed by atoms with Gasteiger partial charge in [-0.2, -0.15) is 0 Å². The van der Waals surface area contributed by atoms with Crippen molar-refractivity contribution in [3.63, 3.8) is 0 Å². The van der Waals surface area contributed by atoms with Gasteiger partial charge in [-0.25, -0.2) is 8.78 Å². The molecule has 1 heterocycles. The van der Waals surface area contributed by atoms with Crippen LogP contribution in [0.3, 0.4) is 0 Å². The highest BCUT2D eigenvalue weighted by Crippen LogP contribution is 2.27. The molecule has 1 atom stereocenters. The first kappa shape index (κ1) is 12.8. The molecule has 1 fully saturated rings. The van der Waals surface area contributed by atoms with Gasteiger partial charge < -0.3 is 4.90 Å². The van der Waals surface area contributed by atoms with E-state index in [1.54, 1.807) is 0 Å². The minimum Gasteiger partial charge on any atom is -0.336 e. The lowest BCUT2D eigenvalue weighted by molar-refractivity contribution is 0.0782. The SMILES string of the molecule is O=C(c1cc(F)c(Br)cc1Cl)N1CCC(F)C1. The third kappa shape index (κ3) is 2.60. The monoisotopic (exact) mass is 323 g/mol. The second kappa shape index (κ2) is 4.90. The van der Waals surface area contributed by atoms with E-state index in [4.69, 9.17) is 11.6 Å². The molecule has 2 rings (SSSR count). The van der Waals surface area contributed by atoms with Gasteiger partial charge >= 0.3 is 0 Å². The van der Waals surface area contributed by atoms with Crippen LogP contribution in [0.4, 0.5) is 8.78 Å². The molecular weight excluding hydrogens is 315 g/mol. The van der Waals surface area contributed by atoms with Crippen LogP contribution in [0.2, 0.25) is 5.02 Å². The Balaban J connectivity index is 2.28. The Morgan fingerprint density at radius 3 is 2.82 bits per heavy atom. The fraction of sp³-hybridized carbons (Fsp3) is 0.364. The minimum absolute atomic E-state index is 0.0485. The maximum atomic E-state index is 13.3. The summed E-state index contributed by atoms with van der Waals surface area (Å²) in [4.78, 5) is 13.3. The molecule has 1 aromatic carbocycles. The van der Waals surface area contributed by atoms with Crippen molar-refractivity contribution >= 4 is 33.4 Å². The van der Waals surface area contributed by atoms with Gasteiger partial charge in [-0.05, 0) is 34.5 Å². The molecule has 92 valence electrons. The molecule has 1 amide bonds. The number of hydrogen-bond acceptors (Lipinski definition) is 1. The third-order valence-corrected chi connectivity index (χ3v) is 3.58. The van der Waals surface area contributed by atoms with Crippen LogP contribution >= 0.6 is 27.5 Å². The molecule has 0 aliphatic carbocycles. The smallest absolute Gasteiger partial charge is 0.255 e. The van der Waals surface area contributed by atoms with Gasteiger partial charge in [0.25, 0.3) is 5.91 Å². The van der Waals surface area contributed by atoms with Crippen LogP contribution in [0.25, 0.3) is 0 Å². The Morgan fingerprint density at radius 1 is 1.53 bits per heavy atom. The number of rotatable bonds is 1. The van der Waals surface area contributed by atoms with Gasteiger partial charge in [0.05, 0.1) is 21.6 Å². The molecule has 6 heteroatoms. The van der Waals surface area contributed by atoms with Crippen LogP contribution < -0.4 is 0 Å². The highest BCUT2D eigenvalue weighted by atomic mass is 79.9. The second-order valence-electron chi connectivity index (χ2n) is 3.88. The molecule has 1 aliphatic rings. The van der Waals surface area contributed by atoms with Gasteiger partial charge in [0.15, 0.2) is 0 Å². The predicted molar refractivity (Wildman–Crippen MR) is 64.5 cm³/mol. The molecule has 0 N–H and O–H groups in total. The average Bonchev–Trinajstić information content (AvgIpc) is 2.69. The Hall–Kier alpha value is -0.680. The molecule has 0 radical (unpaired) electrons. The largest absolute Gasteiger partial charge is 0.336 e. The predicted octanol–water partition coefficient (Wildman–Crippen LogP) is 3.43. The lowest BCUT2D eigenvalue weighted by Gasteiger charge is -2.16. The number of likely N-dealkylation sites (tertiary alicyclic amines) is 1. The van der Waals surface area contributed by atoms with Gasteiger partial charge in [0.2, 0.25) is 0 Å². The van der Waals surface area contributed by atoms with E-state index in [-0.39, 0.29) is 21.6 Å². The van der Waals surface area contributed by atoms with E-state index in [9.17, 15) is 13.6 Å². The van der Waals surface area contributed by atoms with Crippen molar-refractivity contribution in [1.29, 1.82) is 0 Å². The summed E-state index contributed by atoms with van der Waals surface area (Å²) in [6, 6.07) is 2.40. The van der Waals surface area contributed by atoms with Crippen LogP contribution in [0.15, 0.2) is 16.6 Å². The van der Waals surface area contributed by atoms with E-state index in [1.807, 2.05) is 0 Å². The first-order valence-electron chi connectivity index (χ1n) is 5.07. The molecular formula is C11H9BrClF2NO. The first-order chi connectivity index (χ1) is 7.99. The van der Waals surface area contributed by atoms with Gasteiger partial charge in [-0.15, -0.1) is 0 Å². The number of carbonyl (C=O) groups is 1. The van der Waals surface area contributed by atoms with E-state index < -0.39 is 17.9 Å². The number of alkyl halides is 1. The van der Waals surface area contributed by atoms with Crippen molar-refractivity contribution in [2.45, 2.75) is 12.6 Å². The number of amides is 1. The van der Waals surface area contributed by atoms with Crippen LogP contribution in [-0.2, 0) is 0 Å². The number of nitrogens with zero attached hydrogens (tertiary/aromatic N) is 1. The average molecular weight is 325 g/mol. The summed E-state index contributed by atoms with van der Waals surface area (Å²) in [7, 11) is 0. The van der Waals surface area contributed by atoms with E-state index in [1.165, 1.54) is 11.0 Å². The van der Waals surface area contributed by atoms with Crippen LogP contribution in [0, 0.1) is 5.82 Å². The zero-order valence-electron chi connectivity index (χ0n) is 8.72. The topological polar surface area (TPSA) is 20.3 Å². The molecule has 0 saturated carbocycles. The molecule has 1 aliphatic heterocycles. The number of carbonyl (C=O) groups excluding carboxylic acids is 1. The van der Waals surface area contributed by atoms with Crippen molar-refractivity contribution in [2.24, 2.45) is 0 Å². The molecule has 0 spiro atoms. The van der Waals surface area contributed by atoms with E-state index in [2.05, 4.69) is 15.9 Å². The molecule has 2 nitrogen and oxygen atoms in total. The molecule has 0 aromatic heterocycles. The fourth-order valence-electron chi connectivity index (χ4n) is 1.76. The van der Waals surface area contributed by atoms with Crippen LogP contribution in [0.5, 0.6) is 0 Å². The fourth-order valence-corrected chi connectivity index (χ4v) is 2.48. The lowest BCUT2D eigenvalue weighted by atomic mass is 10.2. The zero-order valence-corrected chi connectivity index (χ0v) is 11.1. The highest BCUT2D eigenvalue weighted by Gasteiger charge is 2.28. The highest BCUT2D eigenvalue weighted by molar-refractivity contribution is 9.10. The molecule has 1 unspecified atom stereocenters. The summed E-state index contributed by atoms with van der Waals surface area (Å²) < 4.78 is 26.5. The van der Waals surface area contributed by atoms with E-state index >= 15 is 0 Å². The Kier molecular flexibility index (Phi) is 3.68. The van der Waals surface area contributed by atoms with Crippen molar-refractivity contribution in [1.82, 2.24) is 4.90 Å². The van der Waals surface area contributed by atoms with Crippen LogP contribution in [0.1, 0.15) is 16.8 Å². The third-order valence-electron chi connectivity index (χ3n) is 2.66. The van der Waals surface area contributed by atoms with Gasteiger partial charge in [0.1, 0.15) is 12.0 Å². The standard InChI is InChI=1S/C11H9BrClF2NO/c12-8-4-9(13)7(3-10(8)15)11(17)16-2-1-6(14)5-16/h3-4,6H,1-2,5H2. The summed E-state index contributed by atoms with van der Waals surface area (Å²) in [6.07, 6.45) is -0.680. The van der Waals surface area contributed by atoms with E-state index in [0.717, 1.165) is 6.07 Å². The summed E-state index contributed by atoms with van der Waals surface area (Å²) in [5, 5.41) is 0.158.